The van der Waals surface area contributed by atoms with Crippen LogP contribution in [0.5, 0.6) is 0 Å². The highest BCUT2D eigenvalue weighted by molar-refractivity contribution is 7.89. The van der Waals surface area contributed by atoms with E-state index in [-0.39, 0.29) is 10.8 Å². The number of carboxylic acids is 1. The predicted octanol–water partition coefficient (Wildman–Crippen LogP) is 2.48. The van der Waals surface area contributed by atoms with E-state index < -0.39 is 28.0 Å². The van der Waals surface area contributed by atoms with E-state index in [0.29, 0.717) is 31.5 Å². The number of benzene rings is 1. The average molecular weight is 397 g/mol. The van der Waals surface area contributed by atoms with Gasteiger partial charge < -0.3 is 10.4 Å². The number of aliphatic carboxylic acids is 1. The Labute approximate surface area is 160 Å². The molecule has 0 unspecified atom stereocenters. The van der Waals surface area contributed by atoms with Gasteiger partial charge in [0, 0.05) is 24.7 Å². The molecule has 0 aliphatic heterocycles. The third-order valence-corrected chi connectivity index (χ3v) is 7.17. The minimum Gasteiger partial charge on any atom is -0.481 e. The number of carbonyl (C=O) groups is 2. The van der Waals surface area contributed by atoms with E-state index in [1.807, 2.05) is 0 Å². The molecule has 1 aliphatic carbocycles. The number of nitrogens with zero attached hydrogens (tertiary/aromatic N) is 1. The molecule has 1 aliphatic rings. The fraction of sp³-hybridized carbons (Fsp3) is 0.579. The lowest BCUT2D eigenvalue weighted by molar-refractivity contribution is -0.142. The van der Waals surface area contributed by atoms with Crippen LogP contribution in [0.2, 0.25) is 0 Å². The molecule has 2 rings (SSSR count). The lowest BCUT2D eigenvalue weighted by Crippen LogP contribution is -2.42. The highest BCUT2D eigenvalue weighted by Crippen LogP contribution is 2.24. The van der Waals surface area contributed by atoms with Gasteiger partial charge in [0.25, 0.3) is 5.91 Å². The Morgan fingerprint density at radius 1 is 1.07 bits per heavy atom. The summed E-state index contributed by atoms with van der Waals surface area (Å²) in [5.41, 5.74) is 0.321. The molecule has 1 aromatic carbocycles. The summed E-state index contributed by atoms with van der Waals surface area (Å²) in [7, 11) is -3.57. The SMILES string of the molecule is CCN(CC)S(=O)(=O)c1ccc(C(=O)N[C@H]2CCCCC[C@H]2C(=O)O)cc1. The fourth-order valence-corrected chi connectivity index (χ4v) is 4.98. The minimum absolute atomic E-state index is 0.139. The highest BCUT2D eigenvalue weighted by Gasteiger charge is 2.31. The maximum atomic E-state index is 12.5. The van der Waals surface area contributed by atoms with E-state index in [0.717, 1.165) is 19.3 Å². The van der Waals surface area contributed by atoms with Gasteiger partial charge in [-0.2, -0.15) is 4.31 Å². The second kappa shape index (κ2) is 9.32. The van der Waals surface area contributed by atoms with Gasteiger partial charge in [-0.25, -0.2) is 8.42 Å². The summed E-state index contributed by atoms with van der Waals surface area (Å²) < 4.78 is 26.4. The lowest BCUT2D eigenvalue weighted by Gasteiger charge is -2.23. The molecule has 27 heavy (non-hydrogen) atoms. The smallest absolute Gasteiger partial charge is 0.308 e. The largest absolute Gasteiger partial charge is 0.481 e. The van der Waals surface area contributed by atoms with Gasteiger partial charge in [0.15, 0.2) is 0 Å². The number of hydrogen-bond donors (Lipinski definition) is 2. The van der Waals surface area contributed by atoms with Crippen LogP contribution >= 0.6 is 0 Å². The quantitative estimate of drug-likeness (QED) is 0.689. The molecule has 0 saturated heterocycles. The number of carbonyl (C=O) groups excluding carboxylic acids is 1. The average Bonchev–Trinajstić information content (AvgIpc) is 2.88. The van der Waals surface area contributed by atoms with Crippen molar-refractivity contribution >= 4 is 21.9 Å². The molecule has 2 atom stereocenters. The molecule has 0 radical (unpaired) electrons. The van der Waals surface area contributed by atoms with Crippen molar-refractivity contribution in [1.29, 1.82) is 0 Å². The molecule has 1 aromatic rings. The Morgan fingerprint density at radius 3 is 2.22 bits per heavy atom. The van der Waals surface area contributed by atoms with E-state index in [1.165, 1.54) is 28.6 Å². The minimum atomic E-state index is -3.57. The second-order valence-corrected chi connectivity index (χ2v) is 8.71. The first-order valence-electron chi connectivity index (χ1n) is 9.45. The van der Waals surface area contributed by atoms with Gasteiger partial charge in [-0.05, 0) is 37.1 Å². The Balaban J connectivity index is 2.14. The predicted molar refractivity (Wildman–Crippen MR) is 102 cm³/mol. The lowest BCUT2D eigenvalue weighted by atomic mass is 9.94. The molecule has 8 heteroatoms. The van der Waals surface area contributed by atoms with Crippen molar-refractivity contribution in [2.45, 2.75) is 56.9 Å². The Bertz CT molecular complexity index is 757. The molecule has 1 saturated carbocycles. The third kappa shape index (κ3) is 5.07. The zero-order valence-corrected chi connectivity index (χ0v) is 16.7. The van der Waals surface area contributed by atoms with Crippen LogP contribution in [0.1, 0.15) is 56.3 Å². The summed E-state index contributed by atoms with van der Waals surface area (Å²) in [4.78, 5) is 24.2. The summed E-state index contributed by atoms with van der Waals surface area (Å²) in [6.45, 7) is 4.29. The van der Waals surface area contributed by atoms with Crippen molar-refractivity contribution in [1.82, 2.24) is 9.62 Å². The maximum Gasteiger partial charge on any atom is 0.308 e. The fourth-order valence-electron chi connectivity index (χ4n) is 3.52. The van der Waals surface area contributed by atoms with Crippen LogP contribution in [-0.2, 0) is 14.8 Å². The molecular formula is C19H28N2O5S. The number of carboxylic acid groups (broad SMARTS) is 1. The standard InChI is InChI=1S/C19H28N2O5S/c1-3-21(4-2)27(25,26)15-12-10-14(11-13-15)18(22)20-17-9-7-5-6-8-16(17)19(23)24/h10-13,16-17H,3-9H2,1-2H3,(H,20,22)(H,23,24)/t16-,17+/m1/s1. The van der Waals surface area contributed by atoms with E-state index >= 15 is 0 Å². The van der Waals surface area contributed by atoms with E-state index in [9.17, 15) is 23.1 Å². The van der Waals surface area contributed by atoms with Gasteiger partial charge >= 0.3 is 5.97 Å². The van der Waals surface area contributed by atoms with Crippen LogP contribution in [0.3, 0.4) is 0 Å². The first kappa shape index (κ1) is 21.4. The summed E-state index contributed by atoms with van der Waals surface area (Å²) in [6.07, 6.45) is 3.89. The zero-order valence-electron chi connectivity index (χ0n) is 15.8. The van der Waals surface area contributed by atoms with Gasteiger partial charge in [-0.15, -0.1) is 0 Å². The van der Waals surface area contributed by atoms with Gasteiger partial charge in [0.2, 0.25) is 10.0 Å². The number of hydrogen-bond acceptors (Lipinski definition) is 4. The molecule has 0 spiro atoms. The molecular weight excluding hydrogens is 368 g/mol. The van der Waals surface area contributed by atoms with Crippen molar-refractivity contribution in [3.8, 4) is 0 Å². The topological polar surface area (TPSA) is 104 Å². The number of nitrogens with one attached hydrogen (secondary N) is 1. The summed E-state index contributed by atoms with van der Waals surface area (Å²) in [5.74, 6) is -1.85. The van der Waals surface area contributed by atoms with E-state index in [1.54, 1.807) is 13.8 Å². The molecule has 0 bridgehead atoms. The van der Waals surface area contributed by atoms with Crippen molar-refractivity contribution in [2.75, 3.05) is 13.1 Å². The van der Waals surface area contributed by atoms with Gasteiger partial charge in [0.1, 0.15) is 0 Å². The summed E-state index contributed by atoms with van der Waals surface area (Å²) in [5, 5.41) is 12.2. The van der Waals surface area contributed by atoms with Gasteiger partial charge in [-0.3, -0.25) is 9.59 Å². The monoisotopic (exact) mass is 396 g/mol. The van der Waals surface area contributed by atoms with Crippen molar-refractivity contribution in [2.24, 2.45) is 5.92 Å². The van der Waals surface area contributed by atoms with Crippen LogP contribution in [0.25, 0.3) is 0 Å². The number of amides is 1. The summed E-state index contributed by atoms with van der Waals surface area (Å²) >= 11 is 0. The van der Waals surface area contributed by atoms with Gasteiger partial charge in [0.05, 0.1) is 10.8 Å². The Morgan fingerprint density at radius 2 is 1.67 bits per heavy atom. The Hall–Kier alpha value is -1.93. The van der Waals surface area contributed by atoms with Crippen LogP contribution in [0.4, 0.5) is 0 Å². The first-order valence-corrected chi connectivity index (χ1v) is 10.9. The normalized spacial score (nSPS) is 20.9. The molecule has 150 valence electrons. The van der Waals surface area contributed by atoms with Crippen LogP contribution in [0.15, 0.2) is 29.2 Å². The molecule has 1 fully saturated rings. The van der Waals surface area contributed by atoms with Crippen LogP contribution < -0.4 is 5.32 Å². The zero-order chi connectivity index (χ0) is 20.0. The van der Waals surface area contributed by atoms with Crippen LogP contribution in [0, 0.1) is 5.92 Å². The molecule has 2 N–H and O–H groups in total. The van der Waals surface area contributed by atoms with E-state index in [4.69, 9.17) is 0 Å². The Kier molecular flexibility index (Phi) is 7.38. The van der Waals surface area contributed by atoms with Crippen molar-refractivity contribution in [3.05, 3.63) is 29.8 Å². The van der Waals surface area contributed by atoms with Gasteiger partial charge in [-0.1, -0.05) is 33.1 Å². The van der Waals surface area contributed by atoms with E-state index in [2.05, 4.69) is 5.32 Å². The molecule has 0 aromatic heterocycles. The molecule has 1 amide bonds. The second-order valence-electron chi connectivity index (χ2n) is 6.78. The number of sulfonamides is 1. The maximum absolute atomic E-state index is 12.5. The number of rotatable bonds is 7. The molecule has 7 nitrogen and oxygen atoms in total. The van der Waals surface area contributed by atoms with Crippen molar-refractivity contribution in [3.63, 3.8) is 0 Å². The first-order chi connectivity index (χ1) is 12.8. The summed E-state index contributed by atoms with van der Waals surface area (Å²) in [6, 6.07) is 5.38. The third-order valence-electron chi connectivity index (χ3n) is 5.11. The highest BCUT2D eigenvalue weighted by atomic mass is 32.2. The van der Waals surface area contributed by atoms with Crippen LogP contribution in [-0.4, -0.2) is 48.8 Å². The van der Waals surface area contributed by atoms with Crippen molar-refractivity contribution < 1.29 is 23.1 Å². The molecule has 0 heterocycles.